The van der Waals surface area contributed by atoms with E-state index in [1.807, 2.05) is 36.4 Å². The number of hydrogen-bond donors (Lipinski definition) is 1. The minimum Gasteiger partial charge on any atom is -0.484 e. The van der Waals surface area contributed by atoms with Gasteiger partial charge in [-0.2, -0.15) is 0 Å². The highest BCUT2D eigenvalue weighted by molar-refractivity contribution is 5.80. The summed E-state index contributed by atoms with van der Waals surface area (Å²) < 4.78 is 7.76. The first-order chi connectivity index (χ1) is 12.6. The molecule has 3 aromatic rings. The first kappa shape index (κ1) is 18.1. The van der Waals surface area contributed by atoms with E-state index in [1.54, 1.807) is 0 Å². The molecule has 0 fully saturated rings. The van der Waals surface area contributed by atoms with Gasteiger partial charge in [0.2, 0.25) is 0 Å². The molecule has 0 aliphatic heterocycles. The fourth-order valence-corrected chi connectivity index (χ4v) is 2.96. The van der Waals surface area contributed by atoms with Crippen molar-refractivity contribution in [1.82, 2.24) is 9.88 Å². The molecule has 26 heavy (non-hydrogen) atoms. The first-order valence-corrected chi connectivity index (χ1v) is 9.17. The van der Waals surface area contributed by atoms with Crippen molar-refractivity contribution in [2.24, 2.45) is 0 Å². The van der Waals surface area contributed by atoms with E-state index in [4.69, 9.17) is 4.74 Å². The van der Waals surface area contributed by atoms with Gasteiger partial charge in [-0.05, 0) is 47.6 Å². The maximum absolute atomic E-state index is 11.9. The highest BCUT2D eigenvalue weighted by atomic mass is 16.5. The zero-order chi connectivity index (χ0) is 18.4. The standard InChI is InChI=1S/C22H26N2O2/c1-17(2)18-8-10-20(11-9-18)26-16-22(25)23-13-5-14-24-15-12-19-6-3-4-7-21(19)24/h3-4,6-12,15,17H,5,13-14,16H2,1-2H3,(H,23,25). The average molecular weight is 350 g/mol. The predicted molar refractivity (Wildman–Crippen MR) is 106 cm³/mol. The van der Waals surface area contributed by atoms with E-state index in [0.29, 0.717) is 12.5 Å². The van der Waals surface area contributed by atoms with E-state index in [1.165, 1.54) is 16.5 Å². The van der Waals surface area contributed by atoms with E-state index in [-0.39, 0.29) is 12.5 Å². The van der Waals surface area contributed by atoms with Gasteiger partial charge in [-0.3, -0.25) is 4.79 Å². The molecule has 3 rings (SSSR count). The summed E-state index contributed by atoms with van der Waals surface area (Å²) in [7, 11) is 0. The Kier molecular flexibility index (Phi) is 5.95. The number of nitrogens with zero attached hydrogens (tertiary/aromatic N) is 1. The van der Waals surface area contributed by atoms with Gasteiger partial charge < -0.3 is 14.6 Å². The van der Waals surface area contributed by atoms with Crippen LogP contribution in [0.4, 0.5) is 0 Å². The summed E-state index contributed by atoms with van der Waals surface area (Å²) in [6.07, 6.45) is 2.98. The van der Waals surface area contributed by atoms with Gasteiger partial charge in [0.15, 0.2) is 6.61 Å². The maximum Gasteiger partial charge on any atom is 0.257 e. The van der Waals surface area contributed by atoms with E-state index < -0.39 is 0 Å². The minimum absolute atomic E-state index is 0.0491. The number of para-hydroxylation sites is 1. The lowest BCUT2D eigenvalue weighted by Gasteiger charge is -2.10. The van der Waals surface area contributed by atoms with Crippen LogP contribution < -0.4 is 10.1 Å². The summed E-state index contributed by atoms with van der Waals surface area (Å²) >= 11 is 0. The maximum atomic E-state index is 11.9. The van der Waals surface area contributed by atoms with Crippen LogP contribution >= 0.6 is 0 Å². The van der Waals surface area contributed by atoms with Crippen molar-refractivity contribution < 1.29 is 9.53 Å². The predicted octanol–water partition coefficient (Wildman–Crippen LogP) is 4.35. The van der Waals surface area contributed by atoms with E-state index in [9.17, 15) is 4.79 Å². The largest absolute Gasteiger partial charge is 0.484 e. The molecule has 1 aromatic heterocycles. The Labute approximate surface area is 154 Å². The van der Waals surface area contributed by atoms with Crippen molar-refractivity contribution in [3.8, 4) is 5.75 Å². The summed E-state index contributed by atoms with van der Waals surface area (Å²) in [5.74, 6) is 1.13. The monoisotopic (exact) mass is 350 g/mol. The third-order valence-corrected chi connectivity index (χ3v) is 4.49. The topological polar surface area (TPSA) is 43.3 Å². The molecule has 4 heteroatoms. The molecular weight excluding hydrogens is 324 g/mol. The normalized spacial score (nSPS) is 11.0. The van der Waals surface area contributed by atoms with Crippen LogP contribution in [0, 0.1) is 0 Å². The lowest BCUT2D eigenvalue weighted by Crippen LogP contribution is -2.30. The molecule has 1 heterocycles. The van der Waals surface area contributed by atoms with Gasteiger partial charge >= 0.3 is 0 Å². The van der Waals surface area contributed by atoms with E-state index in [2.05, 4.69) is 48.1 Å². The van der Waals surface area contributed by atoms with Crippen molar-refractivity contribution in [3.05, 3.63) is 66.4 Å². The molecule has 0 aliphatic carbocycles. The first-order valence-electron chi connectivity index (χ1n) is 9.17. The summed E-state index contributed by atoms with van der Waals surface area (Å²) in [4.78, 5) is 11.9. The number of rotatable bonds is 8. The number of carbonyl (C=O) groups is 1. The number of fused-ring (bicyclic) bond motifs is 1. The number of nitrogens with one attached hydrogen (secondary N) is 1. The van der Waals surface area contributed by atoms with Crippen LogP contribution in [0.1, 0.15) is 31.7 Å². The zero-order valence-corrected chi connectivity index (χ0v) is 15.4. The summed E-state index contributed by atoms with van der Waals surface area (Å²) in [6.45, 7) is 5.87. The van der Waals surface area contributed by atoms with Crippen molar-refractivity contribution in [2.45, 2.75) is 32.7 Å². The molecule has 4 nitrogen and oxygen atoms in total. The third kappa shape index (κ3) is 4.66. The number of aryl methyl sites for hydroxylation is 1. The Hall–Kier alpha value is -2.75. The quantitative estimate of drug-likeness (QED) is 0.614. The summed E-state index contributed by atoms with van der Waals surface area (Å²) in [5.41, 5.74) is 2.49. The van der Waals surface area contributed by atoms with Crippen molar-refractivity contribution >= 4 is 16.8 Å². The second kappa shape index (κ2) is 8.56. The van der Waals surface area contributed by atoms with Gasteiger partial charge in [-0.1, -0.05) is 44.2 Å². The number of ether oxygens (including phenoxy) is 1. The number of carbonyl (C=O) groups excluding carboxylic acids is 1. The van der Waals surface area contributed by atoms with Crippen molar-refractivity contribution in [1.29, 1.82) is 0 Å². The lowest BCUT2D eigenvalue weighted by molar-refractivity contribution is -0.123. The molecule has 0 aliphatic rings. The molecule has 0 saturated heterocycles. The molecular formula is C22H26N2O2. The molecule has 2 aromatic carbocycles. The SMILES string of the molecule is CC(C)c1ccc(OCC(=O)NCCCn2ccc3ccccc32)cc1. The number of benzene rings is 2. The van der Waals surface area contributed by atoms with Crippen LogP contribution in [-0.4, -0.2) is 23.6 Å². The summed E-state index contributed by atoms with van der Waals surface area (Å²) in [6, 6.07) is 18.4. The number of hydrogen-bond acceptors (Lipinski definition) is 2. The second-order valence-corrected chi connectivity index (χ2v) is 6.78. The molecule has 1 N–H and O–H groups in total. The van der Waals surface area contributed by atoms with Gasteiger partial charge in [0.05, 0.1) is 0 Å². The Morgan fingerprint density at radius 3 is 2.62 bits per heavy atom. The Bertz CT molecular complexity index is 850. The molecule has 1 amide bonds. The zero-order valence-electron chi connectivity index (χ0n) is 15.4. The minimum atomic E-state index is -0.0877. The fraction of sp³-hybridized carbons (Fsp3) is 0.318. The van der Waals surface area contributed by atoms with Crippen LogP contribution in [0.15, 0.2) is 60.8 Å². The lowest BCUT2D eigenvalue weighted by atomic mass is 10.0. The average Bonchev–Trinajstić information content (AvgIpc) is 3.07. The third-order valence-electron chi connectivity index (χ3n) is 4.49. The van der Waals surface area contributed by atoms with Crippen molar-refractivity contribution in [3.63, 3.8) is 0 Å². The van der Waals surface area contributed by atoms with Gasteiger partial charge in [-0.15, -0.1) is 0 Å². The van der Waals surface area contributed by atoms with Gasteiger partial charge in [0.1, 0.15) is 5.75 Å². The molecule has 0 unspecified atom stereocenters. The van der Waals surface area contributed by atoms with Crippen molar-refractivity contribution in [2.75, 3.05) is 13.2 Å². The van der Waals surface area contributed by atoms with Gasteiger partial charge in [0.25, 0.3) is 5.91 Å². The van der Waals surface area contributed by atoms with E-state index in [0.717, 1.165) is 18.7 Å². The highest BCUT2D eigenvalue weighted by Gasteiger charge is 2.04. The van der Waals surface area contributed by atoms with Crippen LogP contribution in [0.25, 0.3) is 10.9 Å². The Morgan fingerprint density at radius 2 is 1.85 bits per heavy atom. The van der Waals surface area contributed by atoms with Crippen LogP contribution in [-0.2, 0) is 11.3 Å². The summed E-state index contributed by atoms with van der Waals surface area (Å²) in [5, 5.41) is 4.16. The molecule has 0 radical (unpaired) electrons. The Morgan fingerprint density at radius 1 is 1.08 bits per heavy atom. The number of amides is 1. The second-order valence-electron chi connectivity index (χ2n) is 6.78. The van der Waals surface area contributed by atoms with Crippen LogP contribution in [0.3, 0.4) is 0 Å². The smallest absolute Gasteiger partial charge is 0.257 e. The molecule has 0 atom stereocenters. The Balaban J connectivity index is 1.37. The molecule has 0 saturated carbocycles. The van der Waals surface area contributed by atoms with Crippen LogP contribution in [0.2, 0.25) is 0 Å². The number of aromatic nitrogens is 1. The molecule has 136 valence electrons. The van der Waals surface area contributed by atoms with E-state index >= 15 is 0 Å². The highest BCUT2D eigenvalue weighted by Crippen LogP contribution is 2.18. The van der Waals surface area contributed by atoms with Gasteiger partial charge in [0, 0.05) is 24.8 Å². The van der Waals surface area contributed by atoms with Gasteiger partial charge in [-0.25, -0.2) is 0 Å². The van der Waals surface area contributed by atoms with Crippen LogP contribution in [0.5, 0.6) is 5.75 Å². The molecule has 0 bridgehead atoms. The fourth-order valence-electron chi connectivity index (χ4n) is 2.96. The molecule has 0 spiro atoms.